The number of hydrogen-bond donors (Lipinski definition) is 0. The number of hydrogen-bond acceptors (Lipinski definition) is 7. The van der Waals surface area contributed by atoms with E-state index in [2.05, 4.69) is 15.0 Å². The van der Waals surface area contributed by atoms with Crippen molar-refractivity contribution in [3.05, 3.63) is 107 Å². The van der Waals surface area contributed by atoms with Gasteiger partial charge in [-0.25, -0.2) is 15.0 Å². The molecule has 0 saturated carbocycles. The van der Waals surface area contributed by atoms with Gasteiger partial charge in [0.25, 0.3) is 0 Å². The van der Waals surface area contributed by atoms with E-state index in [1.54, 1.807) is 17.2 Å². The van der Waals surface area contributed by atoms with Gasteiger partial charge in [0, 0.05) is 18.4 Å². The van der Waals surface area contributed by atoms with Gasteiger partial charge >= 0.3 is 5.69 Å². The molecule has 0 unspecified atom stereocenters. The molecule has 0 fully saturated rings. The molecule has 2 aromatic heterocycles. The molecule has 32 heavy (non-hydrogen) atoms. The molecule has 0 radical (unpaired) electrons. The molecule has 160 valence electrons. The molecule has 0 amide bonds. The first-order chi connectivity index (χ1) is 15.7. The number of nitro groups is 1. The minimum Gasteiger partial charge on any atom is -0.321 e. The summed E-state index contributed by atoms with van der Waals surface area (Å²) in [4.78, 5) is 28.6. The first-order valence-electron chi connectivity index (χ1n) is 10.2. The van der Waals surface area contributed by atoms with Gasteiger partial charge < -0.3 is 9.80 Å². The van der Waals surface area contributed by atoms with E-state index in [4.69, 9.17) is 0 Å². The van der Waals surface area contributed by atoms with Gasteiger partial charge in [-0.1, -0.05) is 54.6 Å². The number of anilines is 4. The standard InChI is InChI=1S/C24H22N6O2/c1-2-28(20-13-7-4-8-14-20)23-22(30(31)32)24(27-18-26-23)29(21-15-9-10-16-25-21)17-19-11-5-3-6-12-19/h3-16,18H,2,17H2,1H3. The Morgan fingerprint density at radius 2 is 1.44 bits per heavy atom. The summed E-state index contributed by atoms with van der Waals surface area (Å²) >= 11 is 0. The summed E-state index contributed by atoms with van der Waals surface area (Å²) in [5.41, 5.74) is 1.62. The first kappa shape index (κ1) is 20.9. The van der Waals surface area contributed by atoms with Gasteiger partial charge in [0.2, 0.25) is 11.6 Å². The highest BCUT2D eigenvalue weighted by Crippen LogP contribution is 2.39. The van der Waals surface area contributed by atoms with Crippen molar-refractivity contribution < 1.29 is 4.92 Å². The monoisotopic (exact) mass is 426 g/mol. The van der Waals surface area contributed by atoms with E-state index in [0.717, 1.165) is 11.3 Å². The number of benzene rings is 2. The van der Waals surface area contributed by atoms with Crippen molar-refractivity contribution in [3.8, 4) is 0 Å². The molecule has 0 bridgehead atoms. The van der Waals surface area contributed by atoms with E-state index < -0.39 is 4.92 Å². The largest absolute Gasteiger partial charge is 0.354 e. The van der Waals surface area contributed by atoms with Crippen LogP contribution in [0.25, 0.3) is 0 Å². The maximum atomic E-state index is 12.3. The van der Waals surface area contributed by atoms with E-state index in [0.29, 0.717) is 18.9 Å². The molecule has 8 nitrogen and oxygen atoms in total. The quantitative estimate of drug-likeness (QED) is 0.280. The SMILES string of the molecule is CCN(c1ccccc1)c1ncnc(N(Cc2ccccc2)c2ccccn2)c1[N+](=O)[O-]. The lowest BCUT2D eigenvalue weighted by Crippen LogP contribution is -2.24. The van der Waals surface area contributed by atoms with E-state index in [1.165, 1.54) is 6.33 Å². The molecule has 0 saturated heterocycles. The van der Waals surface area contributed by atoms with Crippen molar-refractivity contribution in [3.63, 3.8) is 0 Å². The number of aromatic nitrogens is 3. The van der Waals surface area contributed by atoms with Crippen LogP contribution in [0.1, 0.15) is 12.5 Å². The summed E-state index contributed by atoms with van der Waals surface area (Å²) in [6.07, 6.45) is 3.02. The second-order valence-electron chi connectivity index (χ2n) is 6.97. The van der Waals surface area contributed by atoms with E-state index >= 15 is 0 Å². The predicted molar refractivity (Wildman–Crippen MR) is 124 cm³/mol. The van der Waals surface area contributed by atoms with E-state index in [-0.39, 0.29) is 17.3 Å². The Morgan fingerprint density at radius 1 is 0.812 bits per heavy atom. The average molecular weight is 426 g/mol. The summed E-state index contributed by atoms with van der Waals surface area (Å²) in [7, 11) is 0. The topological polar surface area (TPSA) is 88.3 Å². The molecule has 0 atom stereocenters. The number of pyridine rings is 1. The molecule has 2 aromatic carbocycles. The van der Waals surface area contributed by atoms with Gasteiger partial charge in [0.05, 0.1) is 11.5 Å². The van der Waals surface area contributed by atoms with Crippen LogP contribution in [-0.4, -0.2) is 26.4 Å². The van der Waals surface area contributed by atoms with Gasteiger partial charge in [0.1, 0.15) is 12.1 Å². The smallest absolute Gasteiger partial charge is 0.321 e. The highest BCUT2D eigenvalue weighted by Gasteiger charge is 2.31. The number of para-hydroxylation sites is 1. The molecule has 0 aliphatic heterocycles. The van der Waals surface area contributed by atoms with Gasteiger partial charge in [-0.15, -0.1) is 0 Å². The average Bonchev–Trinajstić information content (AvgIpc) is 2.84. The van der Waals surface area contributed by atoms with Crippen molar-refractivity contribution in [2.45, 2.75) is 13.5 Å². The van der Waals surface area contributed by atoms with Gasteiger partial charge in [-0.3, -0.25) is 10.1 Å². The molecular weight excluding hydrogens is 404 g/mol. The molecule has 0 N–H and O–H groups in total. The second-order valence-corrected chi connectivity index (χ2v) is 6.97. The van der Waals surface area contributed by atoms with Crippen LogP contribution < -0.4 is 9.80 Å². The van der Waals surface area contributed by atoms with Gasteiger partial charge in [-0.2, -0.15) is 0 Å². The van der Waals surface area contributed by atoms with Crippen molar-refractivity contribution in [2.24, 2.45) is 0 Å². The van der Waals surface area contributed by atoms with Crippen molar-refractivity contribution in [2.75, 3.05) is 16.3 Å². The summed E-state index contributed by atoms with van der Waals surface area (Å²) < 4.78 is 0. The maximum Gasteiger partial charge on any atom is 0.354 e. The fourth-order valence-electron chi connectivity index (χ4n) is 3.53. The van der Waals surface area contributed by atoms with Crippen LogP contribution in [0.3, 0.4) is 0 Å². The molecule has 4 rings (SSSR count). The van der Waals surface area contributed by atoms with E-state index in [1.807, 2.05) is 84.6 Å². The third kappa shape index (κ3) is 4.39. The lowest BCUT2D eigenvalue weighted by molar-refractivity contribution is -0.383. The Morgan fingerprint density at radius 3 is 2.03 bits per heavy atom. The lowest BCUT2D eigenvalue weighted by Gasteiger charge is -2.26. The Bertz CT molecular complexity index is 1170. The third-order valence-corrected chi connectivity index (χ3v) is 4.97. The summed E-state index contributed by atoms with van der Waals surface area (Å²) in [6.45, 7) is 2.80. The summed E-state index contributed by atoms with van der Waals surface area (Å²) in [5.74, 6) is 0.992. The Hall–Kier alpha value is -4.33. The predicted octanol–water partition coefficient (Wildman–Crippen LogP) is 5.28. The zero-order valence-electron chi connectivity index (χ0n) is 17.6. The summed E-state index contributed by atoms with van der Waals surface area (Å²) in [6, 6.07) is 24.7. The van der Waals surface area contributed by atoms with Crippen molar-refractivity contribution in [1.29, 1.82) is 0 Å². The minimum absolute atomic E-state index is 0.167. The van der Waals surface area contributed by atoms with Crippen LogP contribution in [-0.2, 0) is 6.54 Å². The summed E-state index contributed by atoms with van der Waals surface area (Å²) in [5, 5.41) is 12.3. The normalized spacial score (nSPS) is 10.5. The van der Waals surface area contributed by atoms with Crippen LogP contribution >= 0.6 is 0 Å². The molecule has 0 aliphatic rings. The van der Waals surface area contributed by atoms with Crippen LogP contribution in [0, 0.1) is 10.1 Å². The number of rotatable bonds is 8. The molecule has 0 spiro atoms. The van der Waals surface area contributed by atoms with E-state index in [9.17, 15) is 10.1 Å². The second kappa shape index (κ2) is 9.65. The van der Waals surface area contributed by atoms with Crippen molar-refractivity contribution >= 4 is 28.8 Å². The fraction of sp³-hybridized carbons (Fsp3) is 0.125. The number of nitrogens with zero attached hydrogens (tertiary/aromatic N) is 6. The third-order valence-electron chi connectivity index (χ3n) is 4.97. The Kier molecular flexibility index (Phi) is 6.31. The fourth-order valence-corrected chi connectivity index (χ4v) is 3.53. The van der Waals surface area contributed by atoms with Gasteiger partial charge in [-0.05, 0) is 36.8 Å². The zero-order valence-corrected chi connectivity index (χ0v) is 17.6. The van der Waals surface area contributed by atoms with Crippen molar-refractivity contribution in [1.82, 2.24) is 15.0 Å². The molecule has 0 aliphatic carbocycles. The Labute approximate surface area is 186 Å². The molecular formula is C24H22N6O2. The lowest BCUT2D eigenvalue weighted by atomic mass is 10.2. The molecule has 2 heterocycles. The first-order valence-corrected chi connectivity index (χ1v) is 10.2. The van der Waals surface area contributed by atoms with Crippen LogP contribution in [0.15, 0.2) is 91.4 Å². The molecule has 8 heteroatoms. The van der Waals surface area contributed by atoms with Crippen LogP contribution in [0.4, 0.5) is 28.8 Å². The Balaban J connectivity index is 1.88. The van der Waals surface area contributed by atoms with Crippen LogP contribution in [0.2, 0.25) is 0 Å². The highest BCUT2D eigenvalue weighted by molar-refractivity contribution is 5.78. The van der Waals surface area contributed by atoms with Crippen LogP contribution in [0.5, 0.6) is 0 Å². The minimum atomic E-state index is -0.419. The zero-order chi connectivity index (χ0) is 22.3. The maximum absolute atomic E-state index is 12.3. The molecule has 4 aromatic rings. The van der Waals surface area contributed by atoms with Gasteiger partial charge in [0.15, 0.2) is 0 Å². The highest BCUT2D eigenvalue weighted by atomic mass is 16.6.